The third-order valence-electron chi connectivity index (χ3n) is 4.20. The van der Waals surface area contributed by atoms with Crippen molar-refractivity contribution in [2.75, 3.05) is 5.32 Å². The van der Waals surface area contributed by atoms with Crippen molar-refractivity contribution in [2.45, 2.75) is 24.7 Å². The van der Waals surface area contributed by atoms with Crippen LogP contribution in [-0.4, -0.2) is 5.91 Å². The Morgan fingerprint density at radius 3 is 2.59 bits per heavy atom. The maximum Gasteiger partial charge on any atom is 0.235 e. The van der Waals surface area contributed by atoms with E-state index in [-0.39, 0.29) is 11.7 Å². The molecule has 1 N–H and O–H groups in total. The predicted molar refractivity (Wildman–Crippen MR) is 89.7 cm³/mol. The lowest BCUT2D eigenvalue weighted by atomic mass is 9.63. The Kier molecular flexibility index (Phi) is 4.24. The van der Waals surface area contributed by atoms with Crippen molar-refractivity contribution in [1.82, 2.24) is 0 Å². The molecule has 0 saturated heterocycles. The van der Waals surface area contributed by atoms with Crippen LogP contribution in [0.5, 0.6) is 0 Å². The summed E-state index contributed by atoms with van der Waals surface area (Å²) in [6, 6.07) is 11.6. The molecule has 1 saturated carbocycles. The van der Waals surface area contributed by atoms with Crippen LogP contribution < -0.4 is 5.32 Å². The Labute approximate surface area is 141 Å². The fraction of sp³-hybridized carbons (Fsp3) is 0.235. The maximum absolute atomic E-state index is 13.5. The Bertz CT molecular complexity index is 730. The predicted octanol–water partition coefficient (Wildman–Crippen LogP) is 5.30. The zero-order chi connectivity index (χ0) is 15.7. The van der Waals surface area contributed by atoms with E-state index in [1.54, 1.807) is 18.2 Å². The molecule has 0 heterocycles. The number of amides is 1. The van der Waals surface area contributed by atoms with Crippen molar-refractivity contribution < 1.29 is 9.18 Å². The molecule has 0 unspecified atom stereocenters. The van der Waals surface area contributed by atoms with Crippen LogP contribution in [0.15, 0.2) is 46.9 Å². The second-order valence-electron chi connectivity index (χ2n) is 5.52. The Balaban J connectivity index is 1.89. The van der Waals surface area contributed by atoms with Gasteiger partial charge in [0.05, 0.1) is 16.1 Å². The molecule has 0 radical (unpaired) electrons. The lowest BCUT2D eigenvalue weighted by Gasteiger charge is -2.40. The molecule has 5 heteroatoms. The van der Waals surface area contributed by atoms with Gasteiger partial charge in [0, 0.05) is 4.47 Å². The average molecular weight is 383 g/mol. The molecule has 114 valence electrons. The lowest BCUT2D eigenvalue weighted by molar-refractivity contribution is -0.124. The van der Waals surface area contributed by atoms with Crippen LogP contribution >= 0.6 is 27.5 Å². The van der Waals surface area contributed by atoms with Gasteiger partial charge in [-0.05, 0) is 48.7 Å². The van der Waals surface area contributed by atoms with Crippen molar-refractivity contribution in [1.29, 1.82) is 0 Å². The van der Waals surface area contributed by atoms with Gasteiger partial charge in [-0.2, -0.15) is 0 Å². The van der Waals surface area contributed by atoms with E-state index in [1.165, 1.54) is 12.1 Å². The highest BCUT2D eigenvalue weighted by Crippen LogP contribution is 2.45. The van der Waals surface area contributed by atoms with Crippen LogP contribution in [0.4, 0.5) is 10.1 Å². The van der Waals surface area contributed by atoms with Gasteiger partial charge >= 0.3 is 0 Å². The number of anilines is 1. The van der Waals surface area contributed by atoms with Crippen molar-refractivity contribution in [2.24, 2.45) is 0 Å². The molecule has 0 spiro atoms. The smallest absolute Gasteiger partial charge is 0.235 e. The van der Waals surface area contributed by atoms with E-state index in [0.29, 0.717) is 10.7 Å². The molecule has 1 fully saturated rings. The van der Waals surface area contributed by atoms with E-state index < -0.39 is 5.41 Å². The molecule has 2 aromatic rings. The molecule has 3 rings (SSSR count). The minimum atomic E-state index is -0.654. The molecular formula is C17H14BrClFNO. The molecule has 0 aromatic heterocycles. The van der Waals surface area contributed by atoms with Crippen LogP contribution in [0.1, 0.15) is 24.8 Å². The standard InChI is InChI=1S/C17H14BrClFNO/c18-12-5-6-15(14(19)10-12)21-16(22)17(7-2-8-17)11-3-1-4-13(20)9-11/h1,3-6,9-10H,2,7-8H2,(H,21,22). The van der Waals surface area contributed by atoms with Crippen molar-refractivity contribution in [3.05, 3.63) is 63.3 Å². The highest BCUT2D eigenvalue weighted by molar-refractivity contribution is 9.10. The van der Waals surface area contributed by atoms with Crippen molar-refractivity contribution >= 4 is 39.1 Å². The van der Waals surface area contributed by atoms with Crippen LogP contribution in [-0.2, 0) is 10.2 Å². The molecule has 0 bridgehead atoms. The van der Waals surface area contributed by atoms with Gasteiger partial charge in [0.1, 0.15) is 5.82 Å². The third-order valence-corrected chi connectivity index (χ3v) is 5.00. The lowest BCUT2D eigenvalue weighted by Crippen LogP contribution is -2.46. The highest BCUT2D eigenvalue weighted by atomic mass is 79.9. The summed E-state index contributed by atoms with van der Waals surface area (Å²) >= 11 is 9.48. The fourth-order valence-corrected chi connectivity index (χ4v) is 3.52. The number of carbonyl (C=O) groups is 1. The molecule has 2 aromatic carbocycles. The number of nitrogens with one attached hydrogen (secondary N) is 1. The molecule has 0 atom stereocenters. The summed E-state index contributed by atoms with van der Waals surface area (Å²) in [5.74, 6) is -0.452. The van der Waals surface area contributed by atoms with E-state index in [2.05, 4.69) is 21.2 Å². The van der Waals surface area contributed by atoms with Crippen LogP contribution in [0.2, 0.25) is 5.02 Å². The maximum atomic E-state index is 13.5. The van der Waals surface area contributed by atoms with E-state index in [0.717, 1.165) is 29.3 Å². The van der Waals surface area contributed by atoms with Gasteiger partial charge in [0.15, 0.2) is 0 Å². The second kappa shape index (κ2) is 6.01. The van der Waals surface area contributed by atoms with E-state index in [9.17, 15) is 9.18 Å². The van der Waals surface area contributed by atoms with E-state index in [1.807, 2.05) is 12.1 Å². The van der Waals surface area contributed by atoms with Gasteiger partial charge in [-0.1, -0.05) is 46.1 Å². The summed E-state index contributed by atoms with van der Waals surface area (Å²) < 4.78 is 14.3. The first-order valence-corrected chi connectivity index (χ1v) is 8.21. The van der Waals surface area contributed by atoms with Crippen molar-refractivity contribution in [3.63, 3.8) is 0 Å². The molecule has 1 aliphatic carbocycles. The van der Waals surface area contributed by atoms with Gasteiger partial charge in [0.25, 0.3) is 0 Å². The van der Waals surface area contributed by atoms with Crippen molar-refractivity contribution in [3.8, 4) is 0 Å². The summed E-state index contributed by atoms with van der Waals surface area (Å²) in [5.41, 5.74) is 0.639. The second-order valence-corrected chi connectivity index (χ2v) is 6.85. The average Bonchev–Trinajstić information content (AvgIpc) is 2.41. The van der Waals surface area contributed by atoms with Gasteiger partial charge in [-0.15, -0.1) is 0 Å². The first kappa shape index (κ1) is 15.5. The van der Waals surface area contributed by atoms with Crippen LogP contribution in [0.25, 0.3) is 0 Å². The number of rotatable bonds is 3. The van der Waals surface area contributed by atoms with Gasteiger partial charge in [0.2, 0.25) is 5.91 Å². The fourth-order valence-electron chi connectivity index (χ4n) is 2.80. The number of carbonyl (C=O) groups excluding carboxylic acids is 1. The third kappa shape index (κ3) is 2.77. The van der Waals surface area contributed by atoms with Gasteiger partial charge in [-0.25, -0.2) is 4.39 Å². The van der Waals surface area contributed by atoms with E-state index >= 15 is 0 Å². The molecule has 2 nitrogen and oxygen atoms in total. The first-order valence-electron chi connectivity index (χ1n) is 7.04. The molecule has 1 amide bonds. The number of halogens is 3. The summed E-state index contributed by atoms with van der Waals surface area (Å²) in [5, 5.41) is 3.35. The number of hydrogen-bond acceptors (Lipinski definition) is 1. The topological polar surface area (TPSA) is 29.1 Å². The normalized spacial score (nSPS) is 16.0. The zero-order valence-electron chi connectivity index (χ0n) is 11.7. The monoisotopic (exact) mass is 381 g/mol. The summed E-state index contributed by atoms with van der Waals surface area (Å²) in [6.07, 6.45) is 2.39. The number of hydrogen-bond donors (Lipinski definition) is 1. The van der Waals surface area contributed by atoms with E-state index in [4.69, 9.17) is 11.6 Å². The SMILES string of the molecule is O=C(Nc1ccc(Br)cc1Cl)C1(c2cccc(F)c2)CCC1. The summed E-state index contributed by atoms with van der Waals surface area (Å²) in [7, 11) is 0. The first-order chi connectivity index (χ1) is 10.5. The summed E-state index contributed by atoms with van der Waals surface area (Å²) in [6.45, 7) is 0. The van der Waals surface area contributed by atoms with Crippen LogP contribution in [0, 0.1) is 5.82 Å². The van der Waals surface area contributed by atoms with Gasteiger partial charge in [-0.3, -0.25) is 4.79 Å². The van der Waals surface area contributed by atoms with Crippen LogP contribution in [0.3, 0.4) is 0 Å². The highest BCUT2D eigenvalue weighted by Gasteiger charge is 2.45. The zero-order valence-corrected chi connectivity index (χ0v) is 14.0. The molecular weight excluding hydrogens is 369 g/mol. The minimum Gasteiger partial charge on any atom is -0.324 e. The summed E-state index contributed by atoms with van der Waals surface area (Å²) in [4.78, 5) is 12.8. The quantitative estimate of drug-likeness (QED) is 0.766. The molecule has 1 aliphatic rings. The van der Waals surface area contributed by atoms with Gasteiger partial charge < -0.3 is 5.32 Å². The molecule has 22 heavy (non-hydrogen) atoms. The Morgan fingerprint density at radius 2 is 2.00 bits per heavy atom. The minimum absolute atomic E-state index is 0.131. The Hall–Kier alpha value is -1.39. The molecule has 0 aliphatic heterocycles. The Morgan fingerprint density at radius 1 is 1.23 bits per heavy atom. The number of benzene rings is 2. The largest absolute Gasteiger partial charge is 0.324 e.